The van der Waals surface area contributed by atoms with Gasteiger partial charge in [-0.3, -0.25) is 0 Å². The van der Waals surface area contributed by atoms with Gasteiger partial charge in [0.05, 0.1) is 7.11 Å². The molecule has 1 aliphatic rings. The van der Waals surface area contributed by atoms with Crippen molar-refractivity contribution in [2.24, 2.45) is 0 Å². The molecule has 1 aromatic carbocycles. The molecule has 1 heterocycles. The Bertz CT molecular complexity index is 462. The van der Waals surface area contributed by atoms with Crippen LogP contribution in [0.15, 0.2) is 12.1 Å². The van der Waals surface area contributed by atoms with E-state index in [1.165, 1.54) is 39.5 Å². The molecule has 1 fully saturated rings. The molecule has 0 spiro atoms. The molecular weight excluding hydrogens is 288 g/mol. The van der Waals surface area contributed by atoms with Crippen LogP contribution in [0.25, 0.3) is 0 Å². The molecule has 0 aromatic heterocycles. The molecule has 4 nitrogen and oxygen atoms in total. The number of rotatable bonds is 6. The van der Waals surface area contributed by atoms with Gasteiger partial charge in [0.1, 0.15) is 0 Å². The highest BCUT2D eigenvalue weighted by atomic mass is 35.5. The first kappa shape index (κ1) is 16.4. The van der Waals surface area contributed by atoms with Crippen LogP contribution < -0.4 is 10.1 Å². The van der Waals surface area contributed by atoms with Crippen molar-refractivity contribution in [3.63, 3.8) is 0 Å². The lowest BCUT2D eigenvalue weighted by atomic mass is 10.1. The summed E-state index contributed by atoms with van der Waals surface area (Å²) < 4.78 is 5.12. The summed E-state index contributed by atoms with van der Waals surface area (Å²) in [5.74, 6) is 0.586. The van der Waals surface area contributed by atoms with Gasteiger partial charge in [0.2, 0.25) is 0 Å². The molecule has 0 aliphatic carbocycles. The van der Waals surface area contributed by atoms with E-state index in [1.54, 1.807) is 12.1 Å². The summed E-state index contributed by atoms with van der Waals surface area (Å²) in [4.78, 5) is 2.50. The van der Waals surface area contributed by atoms with Crippen molar-refractivity contribution < 1.29 is 9.84 Å². The van der Waals surface area contributed by atoms with Crippen LogP contribution in [0.3, 0.4) is 0 Å². The van der Waals surface area contributed by atoms with Gasteiger partial charge in [-0.05, 0) is 38.9 Å². The summed E-state index contributed by atoms with van der Waals surface area (Å²) in [6.07, 6.45) is 3.96. The van der Waals surface area contributed by atoms with Crippen LogP contribution in [0.2, 0.25) is 5.02 Å². The van der Waals surface area contributed by atoms with Crippen LogP contribution in [0.1, 0.15) is 31.7 Å². The number of aromatic hydroxyl groups is 1. The van der Waals surface area contributed by atoms with Crippen molar-refractivity contribution in [2.75, 3.05) is 26.7 Å². The predicted molar refractivity (Wildman–Crippen MR) is 86.3 cm³/mol. The highest BCUT2D eigenvalue weighted by Gasteiger charge is 2.14. The van der Waals surface area contributed by atoms with Crippen molar-refractivity contribution in [3.8, 4) is 11.5 Å². The van der Waals surface area contributed by atoms with E-state index >= 15 is 0 Å². The lowest BCUT2D eigenvalue weighted by Gasteiger charge is -2.29. The molecule has 0 bridgehead atoms. The van der Waals surface area contributed by atoms with Crippen LogP contribution in [0.5, 0.6) is 11.5 Å². The van der Waals surface area contributed by atoms with Gasteiger partial charge in [0.15, 0.2) is 11.5 Å². The SMILES string of the molecule is COc1cc(Cl)cc(CNC(C)CN2CCCCC2)c1O. The molecule has 21 heavy (non-hydrogen) atoms. The fourth-order valence-corrected chi connectivity index (χ4v) is 3.03. The predicted octanol–water partition coefficient (Wildman–Crippen LogP) is 3.02. The largest absolute Gasteiger partial charge is 0.504 e. The molecule has 0 saturated carbocycles. The maximum atomic E-state index is 10.1. The van der Waals surface area contributed by atoms with Crippen molar-refractivity contribution in [1.29, 1.82) is 0 Å². The summed E-state index contributed by atoms with van der Waals surface area (Å²) in [5, 5.41) is 14.1. The molecule has 1 saturated heterocycles. The van der Waals surface area contributed by atoms with Gasteiger partial charge in [-0.25, -0.2) is 0 Å². The van der Waals surface area contributed by atoms with Crippen molar-refractivity contribution >= 4 is 11.6 Å². The second-order valence-corrected chi connectivity index (χ2v) is 6.20. The van der Waals surface area contributed by atoms with Gasteiger partial charge in [-0.1, -0.05) is 18.0 Å². The number of methoxy groups -OCH3 is 1. The minimum Gasteiger partial charge on any atom is -0.504 e. The normalized spacial score (nSPS) is 17.7. The highest BCUT2D eigenvalue weighted by Crippen LogP contribution is 2.33. The molecule has 1 aliphatic heterocycles. The fraction of sp³-hybridized carbons (Fsp3) is 0.625. The maximum Gasteiger partial charge on any atom is 0.162 e. The summed E-state index contributed by atoms with van der Waals surface area (Å²) in [6.45, 7) is 6.19. The second-order valence-electron chi connectivity index (χ2n) is 5.76. The minimum absolute atomic E-state index is 0.166. The number of nitrogens with one attached hydrogen (secondary N) is 1. The third kappa shape index (κ3) is 4.77. The van der Waals surface area contributed by atoms with Crippen molar-refractivity contribution in [2.45, 2.75) is 38.8 Å². The molecule has 1 aromatic rings. The van der Waals surface area contributed by atoms with E-state index in [0.717, 1.165) is 12.1 Å². The third-order valence-corrected chi connectivity index (χ3v) is 4.18. The van der Waals surface area contributed by atoms with Crippen molar-refractivity contribution in [1.82, 2.24) is 10.2 Å². The molecule has 5 heteroatoms. The molecular formula is C16H25ClN2O2. The molecule has 0 radical (unpaired) electrons. The summed E-state index contributed by atoms with van der Waals surface area (Å²) in [7, 11) is 1.53. The van der Waals surface area contributed by atoms with E-state index in [-0.39, 0.29) is 5.75 Å². The van der Waals surface area contributed by atoms with Crippen LogP contribution in [0.4, 0.5) is 0 Å². The third-order valence-electron chi connectivity index (χ3n) is 3.96. The van der Waals surface area contributed by atoms with Crippen molar-refractivity contribution in [3.05, 3.63) is 22.7 Å². The molecule has 2 N–H and O–H groups in total. The van der Waals surface area contributed by atoms with Gasteiger partial charge in [0, 0.05) is 35.8 Å². The summed E-state index contributed by atoms with van der Waals surface area (Å²) >= 11 is 6.04. The maximum absolute atomic E-state index is 10.1. The number of phenolic OH excluding ortho intramolecular Hbond substituents is 1. The smallest absolute Gasteiger partial charge is 0.162 e. The van der Waals surface area contributed by atoms with E-state index in [1.807, 2.05) is 0 Å². The van der Waals surface area contributed by atoms with E-state index in [0.29, 0.717) is 23.4 Å². The summed E-state index contributed by atoms with van der Waals surface area (Å²) in [5.41, 5.74) is 0.768. The first-order valence-electron chi connectivity index (χ1n) is 7.61. The average molecular weight is 313 g/mol. The van der Waals surface area contributed by atoms with Crippen LogP contribution in [-0.4, -0.2) is 42.8 Å². The lowest BCUT2D eigenvalue weighted by molar-refractivity contribution is 0.208. The van der Waals surface area contributed by atoms with Gasteiger partial charge >= 0.3 is 0 Å². The Hall–Kier alpha value is -0.970. The number of likely N-dealkylation sites (tertiary alicyclic amines) is 1. The first-order chi connectivity index (χ1) is 10.1. The Morgan fingerprint density at radius 3 is 2.71 bits per heavy atom. The van der Waals surface area contributed by atoms with Gasteiger partial charge < -0.3 is 20.1 Å². The van der Waals surface area contributed by atoms with Crippen LogP contribution in [0, 0.1) is 0 Å². The molecule has 1 unspecified atom stereocenters. The number of phenols is 1. The number of nitrogens with zero attached hydrogens (tertiary/aromatic N) is 1. The van der Waals surface area contributed by atoms with Gasteiger partial charge in [0.25, 0.3) is 0 Å². The highest BCUT2D eigenvalue weighted by molar-refractivity contribution is 6.30. The number of hydrogen-bond acceptors (Lipinski definition) is 4. The Balaban J connectivity index is 1.88. The molecule has 0 amide bonds. The topological polar surface area (TPSA) is 44.7 Å². The molecule has 1 atom stereocenters. The summed E-state index contributed by atoms with van der Waals surface area (Å²) in [6, 6.07) is 3.77. The number of halogens is 1. The quantitative estimate of drug-likeness (QED) is 0.847. The number of ether oxygens (including phenoxy) is 1. The molecule has 118 valence electrons. The lowest BCUT2D eigenvalue weighted by Crippen LogP contribution is -2.41. The Kier molecular flexibility index (Phi) is 6.15. The van der Waals surface area contributed by atoms with E-state index < -0.39 is 0 Å². The number of hydrogen-bond donors (Lipinski definition) is 2. The van der Waals surface area contributed by atoms with E-state index in [9.17, 15) is 5.11 Å². The first-order valence-corrected chi connectivity index (χ1v) is 7.99. The zero-order valence-corrected chi connectivity index (χ0v) is 13.6. The Labute approximate surface area is 132 Å². The zero-order valence-electron chi connectivity index (χ0n) is 12.9. The standard InChI is InChI=1S/C16H25ClN2O2/c1-12(11-19-6-4-3-5-7-19)18-10-13-8-14(17)9-15(21-2)16(13)20/h8-9,12,18,20H,3-7,10-11H2,1-2H3. The van der Waals surface area contributed by atoms with Gasteiger partial charge in [-0.2, -0.15) is 0 Å². The number of benzene rings is 1. The van der Waals surface area contributed by atoms with Crippen LogP contribution in [-0.2, 0) is 6.54 Å². The monoisotopic (exact) mass is 312 g/mol. The Morgan fingerprint density at radius 1 is 1.33 bits per heavy atom. The second kappa shape index (κ2) is 7.87. The zero-order chi connectivity index (χ0) is 15.2. The van der Waals surface area contributed by atoms with Gasteiger partial charge in [-0.15, -0.1) is 0 Å². The van der Waals surface area contributed by atoms with E-state index in [4.69, 9.17) is 16.3 Å². The van der Waals surface area contributed by atoms with Crippen LogP contribution >= 0.6 is 11.6 Å². The Morgan fingerprint density at radius 2 is 2.05 bits per heavy atom. The molecule has 2 rings (SSSR count). The minimum atomic E-state index is 0.166. The fourth-order valence-electron chi connectivity index (χ4n) is 2.80. The average Bonchev–Trinajstić information content (AvgIpc) is 2.48. The number of piperidine rings is 1. The van der Waals surface area contributed by atoms with E-state index in [2.05, 4.69) is 17.1 Å².